The van der Waals surface area contributed by atoms with Gasteiger partial charge in [-0.05, 0) is 31.8 Å². The highest BCUT2D eigenvalue weighted by atomic mass is 32.2. The largest absolute Gasteiger partial charge is 0.341 e. The minimum Gasteiger partial charge on any atom is -0.341 e. The van der Waals surface area contributed by atoms with Gasteiger partial charge in [0.25, 0.3) is 0 Å². The molecule has 1 saturated heterocycles. The van der Waals surface area contributed by atoms with Gasteiger partial charge in [-0.1, -0.05) is 25.6 Å². The molecule has 0 aliphatic carbocycles. The predicted octanol–water partition coefficient (Wildman–Crippen LogP) is 2.24. The third kappa shape index (κ3) is 6.27. The molecule has 1 atom stereocenters. The van der Waals surface area contributed by atoms with E-state index in [2.05, 4.69) is 18.7 Å². The SMILES string of the molecule is CCCN(CCC)CCN1CC(CSC(C)=O)CC1=O. The van der Waals surface area contributed by atoms with Crippen LogP contribution in [0, 0.1) is 5.92 Å². The molecular formula is C15H28N2O2S. The van der Waals surface area contributed by atoms with E-state index in [9.17, 15) is 9.59 Å². The summed E-state index contributed by atoms with van der Waals surface area (Å²) in [4.78, 5) is 27.4. The molecule has 1 amide bonds. The fraction of sp³-hybridized carbons (Fsp3) is 0.867. The number of carbonyl (C=O) groups excluding carboxylic acids is 2. The van der Waals surface area contributed by atoms with Crippen molar-refractivity contribution in [3.63, 3.8) is 0 Å². The summed E-state index contributed by atoms with van der Waals surface area (Å²) >= 11 is 1.35. The first-order chi connectivity index (χ1) is 9.56. The Bertz CT molecular complexity index is 317. The maximum atomic E-state index is 12.0. The predicted molar refractivity (Wildman–Crippen MR) is 84.8 cm³/mol. The summed E-state index contributed by atoms with van der Waals surface area (Å²) in [5.41, 5.74) is 0. The highest BCUT2D eigenvalue weighted by Crippen LogP contribution is 2.22. The Kier molecular flexibility index (Phi) is 8.22. The molecule has 4 nitrogen and oxygen atoms in total. The molecule has 0 saturated carbocycles. The van der Waals surface area contributed by atoms with Crippen LogP contribution < -0.4 is 0 Å². The molecule has 5 heteroatoms. The van der Waals surface area contributed by atoms with Crippen LogP contribution in [0.1, 0.15) is 40.0 Å². The van der Waals surface area contributed by atoms with E-state index in [0.29, 0.717) is 12.3 Å². The van der Waals surface area contributed by atoms with Gasteiger partial charge in [-0.25, -0.2) is 0 Å². The number of rotatable bonds is 9. The van der Waals surface area contributed by atoms with Gasteiger partial charge in [0.2, 0.25) is 5.91 Å². The molecule has 1 aliphatic heterocycles. The average Bonchev–Trinajstić information content (AvgIpc) is 2.75. The van der Waals surface area contributed by atoms with Crippen molar-refractivity contribution in [2.75, 3.05) is 38.5 Å². The number of hydrogen-bond acceptors (Lipinski definition) is 4. The Labute approximate surface area is 127 Å². The molecule has 1 unspecified atom stereocenters. The summed E-state index contributed by atoms with van der Waals surface area (Å²) in [6.45, 7) is 10.8. The molecule has 1 heterocycles. The fourth-order valence-corrected chi connectivity index (χ4v) is 3.34. The van der Waals surface area contributed by atoms with Crippen molar-refractivity contribution >= 4 is 22.8 Å². The van der Waals surface area contributed by atoms with E-state index in [1.165, 1.54) is 11.8 Å². The smallest absolute Gasteiger partial charge is 0.222 e. The van der Waals surface area contributed by atoms with Gasteiger partial charge in [-0.3, -0.25) is 9.59 Å². The van der Waals surface area contributed by atoms with Crippen LogP contribution in [0.5, 0.6) is 0 Å². The van der Waals surface area contributed by atoms with Crippen molar-refractivity contribution in [1.29, 1.82) is 0 Å². The molecule has 0 aromatic rings. The minimum atomic E-state index is 0.146. The zero-order chi connectivity index (χ0) is 15.0. The zero-order valence-corrected chi connectivity index (χ0v) is 13.9. The second-order valence-corrected chi connectivity index (χ2v) is 6.75. The first-order valence-electron chi connectivity index (χ1n) is 7.70. The summed E-state index contributed by atoms with van der Waals surface area (Å²) in [6.07, 6.45) is 2.93. The number of likely N-dealkylation sites (tertiary alicyclic amines) is 1. The van der Waals surface area contributed by atoms with Gasteiger partial charge < -0.3 is 9.80 Å². The molecule has 20 heavy (non-hydrogen) atoms. The Morgan fingerprint density at radius 3 is 2.50 bits per heavy atom. The van der Waals surface area contributed by atoms with Crippen molar-refractivity contribution in [2.24, 2.45) is 5.92 Å². The number of amides is 1. The molecule has 1 fully saturated rings. The van der Waals surface area contributed by atoms with E-state index in [0.717, 1.165) is 51.3 Å². The van der Waals surface area contributed by atoms with Crippen molar-refractivity contribution in [1.82, 2.24) is 9.80 Å². The average molecular weight is 300 g/mol. The molecule has 0 N–H and O–H groups in total. The normalized spacial score (nSPS) is 19.1. The number of nitrogens with zero attached hydrogens (tertiary/aromatic N) is 2. The highest BCUT2D eigenvalue weighted by molar-refractivity contribution is 8.13. The monoisotopic (exact) mass is 300 g/mol. The van der Waals surface area contributed by atoms with Crippen LogP contribution in [0.4, 0.5) is 0 Å². The quantitative estimate of drug-likeness (QED) is 0.655. The Morgan fingerprint density at radius 1 is 1.30 bits per heavy atom. The second-order valence-electron chi connectivity index (χ2n) is 5.55. The third-order valence-electron chi connectivity index (χ3n) is 3.58. The summed E-state index contributed by atoms with van der Waals surface area (Å²) in [5.74, 6) is 1.39. The van der Waals surface area contributed by atoms with Crippen LogP contribution in [-0.2, 0) is 9.59 Å². The van der Waals surface area contributed by atoms with Gasteiger partial charge in [0.05, 0.1) is 0 Å². The van der Waals surface area contributed by atoms with Crippen molar-refractivity contribution in [3.8, 4) is 0 Å². The molecule has 0 aromatic carbocycles. The summed E-state index contributed by atoms with van der Waals surface area (Å²) in [6, 6.07) is 0. The lowest BCUT2D eigenvalue weighted by Gasteiger charge is -2.24. The van der Waals surface area contributed by atoms with Gasteiger partial charge in [-0.2, -0.15) is 0 Å². The lowest BCUT2D eigenvalue weighted by molar-refractivity contribution is -0.127. The summed E-state index contributed by atoms with van der Waals surface area (Å²) < 4.78 is 0. The van der Waals surface area contributed by atoms with Crippen LogP contribution in [0.3, 0.4) is 0 Å². The van der Waals surface area contributed by atoms with Crippen molar-refractivity contribution in [2.45, 2.75) is 40.0 Å². The van der Waals surface area contributed by atoms with E-state index < -0.39 is 0 Å². The first kappa shape index (κ1) is 17.5. The number of carbonyl (C=O) groups is 2. The van der Waals surface area contributed by atoms with Gasteiger partial charge >= 0.3 is 0 Å². The van der Waals surface area contributed by atoms with E-state index in [1.54, 1.807) is 6.92 Å². The standard InChI is InChI=1S/C15H28N2O2S/c1-4-6-16(7-5-2)8-9-17-11-14(10-15(17)19)12-20-13(3)18/h14H,4-12H2,1-3H3. The molecule has 1 aliphatic rings. The van der Waals surface area contributed by atoms with Crippen molar-refractivity contribution < 1.29 is 9.59 Å². The molecule has 0 spiro atoms. The lowest BCUT2D eigenvalue weighted by atomic mass is 10.1. The second kappa shape index (κ2) is 9.40. The minimum absolute atomic E-state index is 0.146. The molecular weight excluding hydrogens is 272 g/mol. The molecule has 1 rings (SSSR count). The van der Waals surface area contributed by atoms with E-state index in [-0.39, 0.29) is 11.0 Å². The van der Waals surface area contributed by atoms with Crippen LogP contribution >= 0.6 is 11.8 Å². The van der Waals surface area contributed by atoms with Gasteiger partial charge in [0.15, 0.2) is 5.12 Å². The zero-order valence-electron chi connectivity index (χ0n) is 13.1. The lowest BCUT2D eigenvalue weighted by Crippen LogP contribution is -2.36. The van der Waals surface area contributed by atoms with Gasteiger partial charge in [0, 0.05) is 38.7 Å². The fourth-order valence-electron chi connectivity index (χ4n) is 2.65. The summed E-state index contributed by atoms with van der Waals surface area (Å²) in [5, 5.41) is 0.146. The Hall–Kier alpha value is -0.550. The van der Waals surface area contributed by atoms with E-state index in [1.807, 2.05) is 4.90 Å². The summed E-state index contributed by atoms with van der Waals surface area (Å²) in [7, 11) is 0. The molecule has 0 aromatic heterocycles. The van der Waals surface area contributed by atoms with Crippen LogP contribution in [-0.4, -0.2) is 59.3 Å². The maximum absolute atomic E-state index is 12.0. The maximum Gasteiger partial charge on any atom is 0.222 e. The van der Waals surface area contributed by atoms with E-state index in [4.69, 9.17) is 0 Å². The number of thioether (sulfide) groups is 1. The Morgan fingerprint density at radius 2 is 1.95 bits per heavy atom. The van der Waals surface area contributed by atoms with Crippen LogP contribution in [0.2, 0.25) is 0 Å². The number of hydrogen-bond donors (Lipinski definition) is 0. The molecule has 116 valence electrons. The Balaban J connectivity index is 2.32. The van der Waals surface area contributed by atoms with Crippen molar-refractivity contribution in [3.05, 3.63) is 0 Å². The van der Waals surface area contributed by atoms with E-state index >= 15 is 0 Å². The molecule has 0 bridgehead atoms. The van der Waals surface area contributed by atoms with Crippen LogP contribution in [0.15, 0.2) is 0 Å². The topological polar surface area (TPSA) is 40.6 Å². The van der Waals surface area contributed by atoms with Crippen LogP contribution in [0.25, 0.3) is 0 Å². The highest BCUT2D eigenvalue weighted by Gasteiger charge is 2.29. The molecule has 0 radical (unpaired) electrons. The van der Waals surface area contributed by atoms with Gasteiger partial charge in [-0.15, -0.1) is 0 Å². The van der Waals surface area contributed by atoms with Gasteiger partial charge in [0.1, 0.15) is 0 Å². The third-order valence-corrected chi connectivity index (χ3v) is 4.63. The first-order valence-corrected chi connectivity index (χ1v) is 8.68.